The molecule has 0 unspecified atom stereocenters. The van der Waals surface area contributed by atoms with Gasteiger partial charge in [-0.3, -0.25) is 0 Å². The molecule has 0 aromatic heterocycles. The van der Waals surface area contributed by atoms with Crippen molar-refractivity contribution in [1.82, 2.24) is 0 Å². The van der Waals surface area contributed by atoms with Crippen molar-refractivity contribution in [2.24, 2.45) is 11.5 Å². The zero-order valence-electron chi connectivity index (χ0n) is 7.93. The zero-order chi connectivity index (χ0) is 9.56. The van der Waals surface area contributed by atoms with Gasteiger partial charge in [0.1, 0.15) is 0 Å². The van der Waals surface area contributed by atoms with Crippen molar-refractivity contribution in [3.05, 3.63) is 35.7 Å². The van der Waals surface area contributed by atoms with Gasteiger partial charge in [0.15, 0.2) is 0 Å². The summed E-state index contributed by atoms with van der Waals surface area (Å²) in [6, 6.07) is 0. The standard InChI is InChI=1S/C10H18N2/c1-4-5-9(11)6-7-10(12)8(2)3/h6-7H,2,4-5,11-12H2,1,3H3/b9-6+,10-7+. The van der Waals surface area contributed by atoms with Gasteiger partial charge in [0.25, 0.3) is 0 Å². The van der Waals surface area contributed by atoms with E-state index in [2.05, 4.69) is 13.5 Å². The van der Waals surface area contributed by atoms with Crippen LogP contribution in [0.15, 0.2) is 35.7 Å². The summed E-state index contributed by atoms with van der Waals surface area (Å²) in [5.74, 6) is 0. The van der Waals surface area contributed by atoms with E-state index in [0.717, 1.165) is 24.1 Å². The average molecular weight is 166 g/mol. The van der Waals surface area contributed by atoms with Gasteiger partial charge in [-0.15, -0.1) is 0 Å². The highest BCUT2D eigenvalue weighted by molar-refractivity contribution is 5.27. The summed E-state index contributed by atoms with van der Waals surface area (Å²) in [7, 11) is 0. The largest absolute Gasteiger partial charge is 0.402 e. The highest BCUT2D eigenvalue weighted by Crippen LogP contribution is 2.01. The van der Waals surface area contributed by atoms with Gasteiger partial charge >= 0.3 is 0 Å². The maximum absolute atomic E-state index is 5.66. The second-order valence-electron chi connectivity index (χ2n) is 2.89. The Hall–Kier alpha value is -1.18. The second kappa shape index (κ2) is 5.47. The van der Waals surface area contributed by atoms with Gasteiger partial charge in [0.05, 0.1) is 0 Å². The normalized spacial score (nSPS) is 13.2. The Kier molecular flexibility index (Phi) is 4.93. The fourth-order valence-corrected chi connectivity index (χ4v) is 0.711. The Balaban J connectivity index is 4.17. The van der Waals surface area contributed by atoms with E-state index in [1.165, 1.54) is 0 Å². The lowest BCUT2D eigenvalue weighted by molar-refractivity contribution is 0.893. The first-order valence-corrected chi connectivity index (χ1v) is 4.15. The van der Waals surface area contributed by atoms with Crippen LogP contribution in [0.3, 0.4) is 0 Å². The summed E-state index contributed by atoms with van der Waals surface area (Å²) in [5.41, 5.74) is 13.7. The van der Waals surface area contributed by atoms with Gasteiger partial charge < -0.3 is 11.5 Å². The minimum atomic E-state index is 0.689. The van der Waals surface area contributed by atoms with Crippen molar-refractivity contribution in [2.75, 3.05) is 0 Å². The van der Waals surface area contributed by atoms with E-state index in [1.807, 2.05) is 13.0 Å². The quantitative estimate of drug-likeness (QED) is 0.628. The van der Waals surface area contributed by atoms with Crippen molar-refractivity contribution in [2.45, 2.75) is 26.7 Å². The van der Waals surface area contributed by atoms with Crippen LogP contribution in [0.4, 0.5) is 0 Å². The first kappa shape index (κ1) is 10.8. The average Bonchev–Trinajstić information content (AvgIpc) is 2.00. The molecule has 12 heavy (non-hydrogen) atoms. The molecule has 0 aliphatic heterocycles. The molecule has 4 N–H and O–H groups in total. The molecular formula is C10H18N2. The van der Waals surface area contributed by atoms with Crippen LogP contribution in [0, 0.1) is 0 Å². The smallest absolute Gasteiger partial charge is 0.0338 e. The third-order valence-corrected chi connectivity index (χ3v) is 1.51. The molecule has 0 atom stereocenters. The molecule has 0 aliphatic rings. The minimum absolute atomic E-state index is 0.689. The summed E-state index contributed by atoms with van der Waals surface area (Å²) < 4.78 is 0. The summed E-state index contributed by atoms with van der Waals surface area (Å²) in [6.07, 6.45) is 5.62. The lowest BCUT2D eigenvalue weighted by Gasteiger charge is -1.98. The third-order valence-electron chi connectivity index (χ3n) is 1.51. The number of allylic oxidation sites excluding steroid dienone is 4. The van der Waals surface area contributed by atoms with Gasteiger partial charge in [-0.25, -0.2) is 0 Å². The van der Waals surface area contributed by atoms with Gasteiger partial charge in [-0.1, -0.05) is 19.9 Å². The molecule has 68 valence electrons. The van der Waals surface area contributed by atoms with Crippen LogP contribution in [0.2, 0.25) is 0 Å². The zero-order valence-corrected chi connectivity index (χ0v) is 7.93. The Bertz CT molecular complexity index is 212. The molecule has 0 aromatic rings. The van der Waals surface area contributed by atoms with Crippen LogP contribution in [-0.2, 0) is 0 Å². The fourth-order valence-electron chi connectivity index (χ4n) is 0.711. The lowest BCUT2D eigenvalue weighted by Crippen LogP contribution is -1.99. The minimum Gasteiger partial charge on any atom is -0.402 e. The molecule has 0 saturated carbocycles. The fraction of sp³-hybridized carbons (Fsp3) is 0.400. The van der Waals surface area contributed by atoms with E-state index in [-0.39, 0.29) is 0 Å². The molecule has 0 rings (SSSR count). The van der Waals surface area contributed by atoms with Gasteiger partial charge in [-0.2, -0.15) is 0 Å². The van der Waals surface area contributed by atoms with Crippen LogP contribution in [-0.4, -0.2) is 0 Å². The molecule has 0 fully saturated rings. The lowest BCUT2D eigenvalue weighted by atomic mass is 10.2. The number of hydrogen-bond acceptors (Lipinski definition) is 2. The van der Waals surface area contributed by atoms with Crippen molar-refractivity contribution in [3.63, 3.8) is 0 Å². The molecule has 2 nitrogen and oxygen atoms in total. The Labute approximate surface area is 74.6 Å². The second-order valence-corrected chi connectivity index (χ2v) is 2.89. The number of rotatable bonds is 4. The van der Waals surface area contributed by atoms with Crippen molar-refractivity contribution < 1.29 is 0 Å². The van der Waals surface area contributed by atoms with Crippen molar-refractivity contribution in [1.29, 1.82) is 0 Å². The molecule has 2 heteroatoms. The Morgan fingerprint density at radius 2 is 1.92 bits per heavy atom. The topological polar surface area (TPSA) is 52.0 Å². The van der Waals surface area contributed by atoms with Crippen LogP contribution in [0.25, 0.3) is 0 Å². The predicted molar refractivity (Wildman–Crippen MR) is 54.3 cm³/mol. The predicted octanol–water partition coefficient (Wildman–Crippen LogP) is 2.05. The van der Waals surface area contributed by atoms with Crippen LogP contribution in [0.5, 0.6) is 0 Å². The van der Waals surface area contributed by atoms with E-state index in [1.54, 1.807) is 6.08 Å². The van der Waals surface area contributed by atoms with E-state index in [4.69, 9.17) is 11.5 Å². The third kappa shape index (κ3) is 4.61. The summed E-state index contributed by atoms with van der Waals surface area (Å²) in [4.78, 5) is 0. The van der Waals surface area contributed by atoms with E-state index in [9.17, 15) is 0 Å². The molecule has 0 amide bonds. The Morgan fingerprint density at radius 3 is 2.33 bits per heavy atom. The SMILES string of the molecule is C=C(C)/C(N)=C\C=C(\N)CCC. The van der Waals surface area contributed by atoms with Gasteiger partial charge in [-0.05, 0) is 31.1 Å². The summed E-state index contributed by atoms with van der Waals surface area (Å²) in [5, 5.41) is 0. The Morgan fingerprint density at radius 1 is 1.33 bits per heavy atom. The van der Waals surface area contributed by atoms with Crippen LogP contribution in [0.1, 0.15) is 26.7 Å². The van der Waals surface area contributed by atoms with Crippen molar-refractivity contribution in [3.8, 4) is 0 Å². The molecule has 0 heterocycles. The van der Waals surface area contributed by atoms with E-state index in [0.29, 0.717) is 5.70 Å². The van der Waals surface area contributed by atoms with E-state index < -0.39 is 0 Å². The molecule has 0 saturated heterocycles. The van der Waals surface area contributed by atoms with Crippen LogP contribution >= 0.6 is 0 Å². The maximum atomic E-state index is 5.66. The maximum Gasteiger partial charge on any atom is 0.0338 e. The first-order valence-electron chi connectivity index (χ1n) is 4.15. The summed E-state index contributed by atoms with van der Waals surface area (Å²) >= 11 is 0. The number of hydrogen-bond donors (Lipinski definition) is 2. The molecule has 0 bridgehead atoms. The van der Waals surface area contributed by atoms with Gasteiger partial charge in [0.2, 0.25) is 0 Å². The highest BCUT2D eigenvalue weighted by atomic mass is 14.6. The highest BCUT2D eigenvalue weighted by Gasteiger charge is 1.88. The van der Waals surface area contributed by atoms with Crippen LogP contribution < -0.4 is 11.5 Å². The van der Waals surface area contributed by atoms with Crippen molar-refractivity contribution >= 4 is 0 Å². The summed E-state index contributed by atoms with van der Waals surface area (Å²) in [6.45, 7) is 7.68. The molecule has 0 aromatic carbocycles. The number of nitrogens with two attached hydrogens (primary N) is 2. The molecule has 0 radical (unpaired) electrons. The van der Waals surface area contributed by atoms with Gasteiger partial charge in [0, 0.05) is 11.4 Å². The van der Waals surface area contributed by atoms with E-state index >= 15 is 0 Å². The molecule has 0 spiro atoms. The monoisotopic (exact) mass is 166 g/mol. The molecular weight excluding hydrogens is 148 g/mol. The first-order chi connectivity index (χ1) is 5.57. The molecule has 0 aliphatic carbocycles.